The average Bonchev–Trinajstić information content (AvgIpc) is 3.25. The lowest BCUT2D eigenvalue weighted by atomic mass is 10.1. The van der Waals surface area contributed by atoms with E-state index >= 15 is 0 Å². The van der Waals surface area contributed by atoms with Crippen molar-refractivity contribution in [2.45, 2.75) is 43.5 Å². The van der Waals surface area contributed by atoms with Gasteiger partial charge in [-0.15, -0.1) is 5.10 Å². The van der Waals surface area contributed by atoms with Crippen LogP contribution >= 0.6 is 11.8 Å². The number of methoxy groups -OCH3 is 2. The van der Waals surface area contributed by atoms with Crippen LogP contribution in [0.1, 0.15) is 32.3 Å². The van der Waals surface area contributed by atoms with Crippen LogP contribution in [-0.4, -0.2) is 45.6 Å². The molecule has 1 atom stereocenters. The van der Waals surface area contributed by atoms with Crippen molar-refractivity contribution in [3.8, 4) is 17.2 Å². The van der Waals surface area contributed by atoms with Gasteiger partial charge in [0.2, 0.25) is 11.1 Å². The van der Waals surface area contributed by atoms with Gasteiger partial charge < -0.3 is 14.8 Å². The number of aryl methyl sites for hydroxylation is 1. The Balaban J connectivity index is 1.70. The number of anilines is 1. The summed E-state index contributed by atoms with van der Waals surface area (Å²) in [7, 11) is 3.12. The molecule has 0 radical (unpaired) electrons. The van der Waals surface area contributed by atoms with Crippen LogP contribution in [0.3, 0.4) is 0 Å². The van der Waals surface area contributed by atoms with Crippen molar-refractivity contribution in [1.29, 1.82) is 0 Å². The Kier molecular flexibility index (Phi) is 7.88. The maximum atomic E-state index is 12.8. The minimum absolute atomic E-state index is 0.194. The lowest BCUT2D eigenvalue weighted by Gasteiger charge is -2.15. The number of hydrogen-bond acceptors (Lipinski definition) is 7. The fourth-order valence-electron chi connectivity index (χ4n) is 2.96. The number of thioether (sulfide) groups is 1. The molecule has 0 bridgehead atoms. The number of tetrazole rings is 1. The molecule has 9 heteroatoms. The Bertz CT molecular complexity index is 1010. The first-order valence-electron chi connectivity index (χ1n) is 10.1. The van der Waals surface area contributed by atoms with Crippen LogP contribution in [0.25, 0.3) is 5.69 Å². The molecule has 3 rings (SSSR count). The van der Waals surface area contributed by atoms with E-state index in [0.717, 1.165) is 24.9 Å². The number of hydrogen-bond donors (Lipinski definition) is 1. The zero-order valence-electron chi connectivity index (χ0n) is 18.2. The Morgan fingerprint density at radius 1 is 1.16 bits per heavy atom. The fraction of sp³-hybridized carbons (Fsp3) is 0.364. The standard InChI is InChI=1S/C22H27N5O3S/c1-5-6-7-16-8-10-17(11-9-16)27-22(24-25-26-27)31-15(2)21(28)23-19-14-18(29-3)12-13-20(19)30-4/h8-15H,5-7H2,1-4H3,(H,23,28). The van der Waals surface area contributed by atoms with Crippen LogP contribution in [-0.2, 0) is 11.2 Å². The van der Waals surface area contributed by atoms with Gasteiger partial charge in [0.25, 0.3) is 0 Å². The van der Waals surface area contributed by atoms with E-state index in [1.165, 1.54) is 17.3 Å². The molecule has 0 aliphatic rings. The largest absolute Gasteiger partial charge is 0.497 e. The minimum Gasteiger partial charge on any atom is -0.497 e. The molecular weight excluding hydrogens is 414 g/mol. The molecule has 2 aromatic carbocycles. The summed E-state index contributed by atoms with van der Waals surface area (Å²) in [5.41, 5.74) is 2.68. The Labute approximate surface area is 186 Å². The number of nitrogens with zero attached hydrogens (tertiary/aromatic N) is 4. The molecule has 1 heterocycles. The molecule has 0 fully saturated rings. The quantitative estimate of drug-likeness (QED) is 0.473. The number of carbonyl (C=O) groups is 1. The van der Waals surface area contributed by atoms with Crippen molar-refractivity contribution in [2.75, 3.05) is 19.5 Å². The molecule has 31 heavy (non-hydrogen) atoms. The zero-order chi connectivity index (χ0) is 22.2. The number of carbonyl (C=O) groups excluding carboxylic acids is 1. The fourth-order valence-corrected chi connectivity index (χ4v) is 3.76. The van der Waals surface area contributed by atoms with Gasteiger partial charge in [0.1, 0.15) is 11.5 Å². The van der Waals surface area contributed by atoms with Crippen LogP contribution < -0.4 is 14.8 Å². The van der Waals surface area contributed by atoms with E-state index < -0.39 is 5.25 Å². The van der Waals surface area contributed by atoms with E-state index in [-0.39, 0.29) is 5.91 Å². The summed E-state index contributed by atoms with van der Waals surface area (Å²) in [5, 5.41) is 15.0. The highest BCUT2D eigenvalue weighted by Crippen LogP contribution is 2.30. The van der Waals surface area contributed by atoms with Crippen molar-refractivity contribution in [3.05, 3.63) is 48.0 Å². The maximum absolute atomic E-state index is 12.8. The van der Waals surface area contributed by atoms with Gasteiger partial charge in [-0.25, -0.2) is 0 Å². The van der Waals surface area contributed by atoms with Crippen LogP contribution in [0.2, 0.25) is 0 Å². The van der Waals surface area contributed by atoms with E-state index in [1.54, 1.807) is 44.0 Å². The van der Waals surface area contributed by atoms with Gasteiger partial charge in [0, 0.05) is 6.07 Å². The molecule has 0 saturated heterocycles. The number of ether oxygens (including phenoxy) is 2. The van der Waals surface area contributed by atoms with Crippen LogP contribution in [0, 0.1) is 0 Å². The molecule has 0 aliphatic carbocycles. The van der Waals surface area contributed by atoms with Gasteiger partial charge in [-0.1, -0.05) is 37.2 Å². The molecule has 8 nitrogen and oxygen atoms in total. The Morgan fingerprint density at radius 2 is 1.94 bits per heavy atom. The van der Waals surface area contributed by atoms with Crippen molar-refractivity contribution in [1.82, 2.24) is 20.2 Å². The monoisotopic (exact) mass is 441 g/mol. The third-order valence-corrected chi connectivity index (χ3v) is 5.79. The summed E-state index contributed by atoms with van der Waals surface area (Å²) >= 11 is 1.28. The van der Waals surface area contributed by atoms with Gasteiger partial charge in [0.15, 0.2) is 0 Å². The summed E-state index contributed by atoms with van der Waals surface area (Å²) in [4.78, 5) is 12.8. The van der Waals surface area contributed by atoms with Gasteiger partial charge in [-0.05, 0) is 60.0 Å². The summed E-state index contributed by atoms with van der Waals surface area (Å²) in [5.74, 6) is 0.989. The first-order valence-corrected chi connectivity index (χ1v) is 11.0. The summed E-state index contributed by atoms with van der Waals surface area (Å²) < 4.78 is 12.2. The third kappa shape index (κ3) is 5.75. The number of amides is 1. The smallest absolute Gasteiger partial charge is 0.237 e. The van der Waals surface area contributed by atoms with Crippen LogP contribution in [0.4, 0.5) is 5.69 Å². The molecule has 164 valence electrons. The predicted octanol–water partition coefficient (Wildman–Crippen LogP) is 4.14. The second kappa shape index (κ2) is 10.8. The van der Waals surface area contributed by atoms with Crippen molar-refractivity contribution in [2.24, 2.45) is 0 Å². The second-order valence-electron chi connectivity index (χ2n) is 6.96. The first-order chi connectivity index (χ1) is 15.0. The van der Waals surface area contributed by atoms with Gasteiger partial charge >= 0.3 is 0 Å². The van der Waals surface area contributed by atoms with Crippen LogP contribution in [0.5, 0.6) is 11.5 Å². The van der Waals surface area contributed by atoms with Crippen molar-refractivity contribution in [3.63, 3.8) is 0 Å². The number of benzene rings is 2. The minimum atomic E-state index is -0.440. The lowest BCUT2D eigenvalue weighted by molar-refractivity contribution is -0.115. The van der Waals surface area contributed by atoms with Crippen molar-refractivity contribution < 1.29 is 14.3 Å². The van der Waals surface area contributed by atoms with E-state index in [9.17, 15) is 4.79 Å². The van der Waals surface area contributed by atoms with Crippen molar-refractivity contribution >= 4 is 23.4 Å². The Hall–Kier alpha value is -3.07. The number of unbranched alkanes of at least 4 members (excludes halogenated alkanes) is 1. The number of rotatable bonds is 10. The molecule has 0 spiro atoms. The SMILES string of the molecule is CCCCc1ccc(-n2nnnc2SC(C)C(=O)Nc2cc(OC)ccc2OC)cc1. The Morgan fingerprint density at radius 3 is 2.61 bits per heavy atom. The van der Waals surface area contributed by atoms with E-state index in [4.69, 9.17) is 9.47 Å². The summed E-state index contributed by atoms with van der Waals surface area (Å²) in [6.45, 7) is 3.99. The molecule has 1 unspecified atom stereocenters. The molecular formula is C22H27N5O3S. The first kappa shape index (κ1) is 22.6. The van der Waals surface area contributed by atoms with E-state index in [1.807, 2.05) is 12.1 Å². The molecule has 0 aliphatic heterocycles. The highest BCUT2D eigenvalue weighted by atomic mass is 32.2. The number of nitrogens with one attached hydrogen (secondary N) is 1. The number of aromatic nitrogens is 4. The molecule has 0 saturated carbocycles. The highest BCUT2D eigenvalue weighted by Gasteiger charge is 2.20. The average molecular weight is 442 g/mol. The molecule has 1 amide bonds. The van der Waals surface area contributed by atoms with Gasteiger partial charge in [-0.2, -0.15) is 4.68 Å². The highest BCUT2D eigenvalue weighted by molar-refractivity contribution is 8.00. The molecule has 1 N–H and O–H groups in total. The topological polar surface area (TPSA) is 91.2 Å². The zero-order valence-corrected chi connectivity index (χ0v) is 19.0. The lowest BCUT2D eigenvalue weighted by Crippen LogP contribution is -2.23. The molecule has 3 aromatic rings. The maximum Gasteiger partial charge on any atom is 0.237 e. The van der Waals surface area contributed by atoms with Gasteiger partial charge in [-0.3, -0.25) is 4.79 Å². The van der Waals surface area contributed by atoms with Gasteiger partial charge in [0.05, 0.1) is 30.8 Å². The van der Waals surface area contributed by atoms with E-state index in [2.05, 4.69) is 39.9 Å². The normalized spacial score (nSPS) is 11.7. The van der Waals surface area contributed by atoms with Crippen LogP contribution in [0.15, 0.2) is 47.6 Å². The summed E-state index contributed by atoms with van der Waals surface area (Å²) in [6.07, 6.45) is 3.38. The molecule has 1 aromatic heterocycles. The van der Waals surface area contributed by atoms with E-state index in [0.29, 0.717) is 22.3 Å². The second-order valence-corrected chi connectivity index (χ2v) is 8.27. The predicted molar refractivity (Wildman–Crippen MR) is 121 cm³/mol. The summed E-state index contributed by atoms with van der Waals surface area (Å²) in [6, 6.07) is 13.4. The third-order valence-electron chi connectivity index (χ3n) is 4.76.